The molecule has 1 N–H and O–H groups in total. The van der Waals surface area contributed by atoms with Gasteiger partial charge >= 0.3 is 0 Å². The van der Waals surface area contributed by atoms with E-state index in [9.17, 15) is 9.59 Å². The van der Waals surface area contributed by atoms with E-state index in [0.717, 1.165) is 16.6 Å². The molecule has 1 aromatic heterocycles. The third-order valence-electron chi connectivity index (χ3n) is 4.67. The zero-order valence-electron chi connectivity index (χ0n) is 15.1. The lowest BCUT2D eigenvalue weighted by Gasteiger charge is -2.32. The molecule has 1 aromatic carbocycles. The second-order valence-electron chi connectivity index (χ2n) is 7.06. The molecule has 1 fully saturated rings. The Morgan fingerprint density at radius 3 is 2.56 bits per heavy atom. The van der Waals surface area contributed by atoms with Crippen molar-refractivity contribution in [3.05, 3.63) is 41.6 Å². The normalized spacial score (nSPS) is 15.6. The van der Waals surface area contributed by atoms with Gasteiger partial charge < -0.3 is 10.2 Å². The van der Waals surface area contributed by atoms with E-state index in [1.807, 2.05) is 56.0 Å². The Kier molecular flexibility index (Phi) is 5.02. The second kappa shape index (κ2) is 7.21. The number of likely N-dealkylation sites (tertiary alicyclic amines) is 1. The fourth-order valence-electron chi connectivity index (χ4n) is 3.33. The molecule has 2 heterocycles. The molecule has 0 bridgehead atoms. The van der Waals surface area contributed by atoms with Gasteiger partial charge in [0.25, 0.3) is 5.91 Å². The first kappa shape index (κ1) is 17.4. The molecule has 25 heavy (non-hydrogen) atoms. The first-order valence-corrected chi connectivity index (χ1v) is 8.91. The number of amides is 2. The van der Waals surface area contributed by atoms with Gasteiger partial charge in [-0.3, -0.25) is 14.6 Å². The Hall–Kier alpha value is -2.43. The Bertz CT molecular complexity index is 793. The van der Waals surface area contributed by atoms with Gasteiger partial charge in [0.1, 0.15) is 0 Å². The highest BCUT2D eigenvalue weighted by Crippen LogP contribution is 2.23. The molecule has 1 aliphatic rings. The van der Waals surface area contributed by atoms with Crippen LogP contribution in [0.5, 0.6) is 0 Å². The van der Waals surface area contributed by atoms with E-state index in [2.05, 4.69) is 10.3 Å². The van der Waals surface area contributed by atoms with Crippen LogP contribution in [0.3, 0.4) is 0 Å². The van der Waals surface area contributed by atoms with Gasteiger partial charge in [0, 0.05) is 36.1 Å². The summed E-state index contributed by atoms with van der Waals surface area (Å²) in [5, 5.41) is 3.94. The van der Waals surface area contributed by atoms with E-state index >= 15 is 0 Å². The average Bonchev–Trinajstić information content (AvgIpc) is 2.60. The van der Waals surface area contributed by atoms with Crippen LogP contribution < -0.4 is 5.32 Å². The van der Waals surface area contributed by atoms with Crippen molar-refractivity contribution in [1.82, 2.24) is 15.2 Å². The lowest BCUT2D eigenvalue weighted by Crippen LogP contribution is -2.44. The number of piperidine rings is 1. The predicted molar refractivity (Wildman–Crippen MR) is 98.4 cm³/mol. The van der Waals surface area contributed by atoms with Gasteiger partial charge in [-0.2, -0.15) is 0 Å². The highest BCUT2D eigenvalue weighted by Gasteiger charge is 2.28. The maximum absolute atomic E-state index is 13.0. The molecular formula is C20H25N3O2. The van der Waals surface area contributed by atoms with Crippen LogP contribution in [0.4, 0.5) is 0 Å². The molecule has 1 saturated heterocycles. The Morgan fingerprint density at radius 2 is 1.88 bits per heavy atom. The highest BCUT2D eigenvalue weighted by molar-refractivity contribution is 6.05. The number of nitrogens with one attached hydrogen (secondary N) is 1. The number of aryl methyl sites for hydroxylation is 1. The average molecular weight is 339 g/mol. The Labute approximate surface area is 148 Å². The monoisotopic (exact) mass is 339 g/mol. The minimum Gasteiger partial charge on any atom is -0.354 e. The van der Waals surface area contributed by atoms with E-state index in [-0.39, 0.29) is 23.8 Å². The second-order valence-corrected chi connectivity index (χ2v) is 7.06. The van der Waals surface area contributed by atoms with Gasteiger partial charge in [0.2, 0.25) is 5.91 Å². The first-order chi connectivity index (χ1) is 12.0. The lowest BCUT2D eigenvalue weighted by atomic mass is 9.95. The molecule has 2 aromatic rings. The molecule has 0 unspecified atom stereocenters. The number of hydrogen-bond donors (Lipinski definition) is 1. The van der Waals surface area contributed by atoms with E-state index in [4.69, 9.17) is 0 Å². The van der Waals surface area contributed by atoms with E-state index in [1.54, 1.807) is 0 Å². The molecule has 132 valence electrons. The minimum absolute atomic E-state index is 0.000614. The molecule has 5 nitrogen and oxygen atoms in total. The van der Waals surface area contributed by atoms with Gasteiger partial charge in [-0.1, -0.05) is 18.2 Å². The van der Waals surface area contributed by atoms with Crippen LogP contribution in [0.25, 0.3) is 10.9 Å². The van der Waals surface area contributed by atoms with Crippen LogP contribution in [0.2, 0.25) is 0 Å². The van der Waals surface area contributed by atoms with E-state index < -0.39 is 0 Å². The minimum atomic E-state index is -0.000614. The van der Waals surface area contributed by atoms with E-state index in [0.29, 0.717) is 31.5 Å². The summed E-state index contributed by atoms with van der Waals surface area (Å²) in [6.07, 6.45) is 1.42. The highest BCUT2D eigenvalue weighted by atomic mass is 16.2. The topological polar surface area (TPSA) is 62.3 Å². The molecule has 0 radical (unpaired) electrons. The van der Waals surface area contributed by atoms with Crippen molar-refractivity contribution in [2.24, 2.45) is 5.92 Å². The number of pyridine rings is 1. The number of benzene rings is 1. The molecule has 1 aliphatic heterocycles. The molecule has 0 atom stereocenters. The van der Waals surface area contributed by atoms with Crippen molar-refractivity contribution in [1.29, 1.82) is 0 Å². The van der Waals surface area contributed by atoms with Gasteiger partial charge in [0.15, 0.2) is 0 Å². The Balaban J connectivity index is 1.73. The zero-order valence-corrected chi connectivity index (χ0v) is 15.1. The molecular weight excluding hydrogens is 314 g/mol. The fourth-order valence-corrected chi connectivity index (χ4v) is 3.33. The van der Waals surface area contributed by atoms with Crippen molar-refractivity contribution >= 4 is 22.7 Å². The Morgan fingerprint density at radius 1 is 1.16 bits per heavy atom. The van der Waals surface area contributed by atoms with Gasteiger partial charge in [-0.15, -0.1) is 0 Å². The summed E-state index contributed by atoms with van der Waals surface area (Å²) in [4.78, 5) is 31.5. The summed E-state index contributed by atoms with van der Waals surface area (Å²) in [6, 6.07) is 9.81. The van der Waals surface area contributed by atoms with Crippen molar-refractivity contribution in [3.8, 4) is 0 Å². The van der Waals surface area contributed by atoms with Gasteiger partial charge in [-0.25, -0.2) is 0 Å². The lowest BCUT2D eigenvalue weighted by molar-refractivity contribution is -0.126. The number of hydrogen-bond acceptors (Lipinski definition) is 3. The molecule has 5 heteroatoms. The number of rotatable bonds is 3. The quantitative estimate of drug-likeness (QED) is 0.935. The molecule has 0 saturated carbocycles. The van der Waals surface area contributed by atoms with Crippen LogP contribution in [0.15, 0.2) is 30.3 Å². The number of carbonyl (C=O) groups excluding carboxylic acids is 2. The number of fused-ring (bicyclic) bond motifs is 1. The van der Waals surface area contributed by atoms with Gasteiger partial charge in [0.05, 0.1) is 11.1 Å². The van der Waals surface area contributed by atoms with Crippen molar-refractivity contribution < 1.29 is 9.59 Å². The molecule has 0 aliphatic carbocycles. The van der Waals surface area contributed by atoms with Crippen LogP contribution in [-0.2, 0) is 4.79 Å². The summed E-state index contributed by atoms with van der Waals surface area (Å²) < 4.78 is 0. The fraction of sp³-hybridized carbons (Fsp3) is 0.450. The van der Waals surface area contributed by atoms with Crippen LogP contribution in [0, 0.1) is 12.8 Å². The van der Waals surface area contributed by atoms with Crippen LogP contribution in [-0.4, -0.2) is 40.8 Å². The number of carbonyl (C=O) groups is 2. The van der Waals surface area contributed by atoms with Crippen molar-refractivity contribution in [2.75, 3.05) is 13.1 Å². The summed E-state index contributed by atoms with van der Waals surface area (Å²) in [5.41, 5.74) is 2.30. The van der Waals surface area contributed by atoms with Gasteiger partial charge in [-0.05, 0) is 45.7 Å². The molecule has 3 rings (SSSR count). The maximum atomic E-state index is 13.0. The number of aromatic nitrogens is 1. The van der Waals surface area contributed by atoms with Crippen molar-refractivity contribution in [3.63, 3.8) is 0 Å². The summed E-state index contributed by atoms with van der Waals surface area (Å²) in [6.45, 7) is 7.08. The SMILES string of the molecule is Cc1ccc2cccc(C(=O)N3CCC(C(=O)NC(C)C)CC3)c2n1. The largest absolute Gasteiger partial charge is 0.354 e. The number of para-hydroxylation sites is 1. The van der Waals surface area contributed by atoms with E-state index in [1.165, 1.54) is 0 Å². The summed E-state index contributed by atoms with van der Waals surface area (Å²) in [7, 11) is 0. The maximum Gasteiger partial charge on any atom is 0.256 e. The summed E-state index contributed by atoms with van der Waals surface area (Å²) >= 11 is 0. The number of nitrogens with zero attached hydrogens (tertiary/aromatic N) is 2. The first-order valence-electron chi connectivity index (χ1n) is 8.91. The predicted octanol–water partition coefficient (Wildman–Crippen LogP) is 2.92. The third-order valence-corrected chi connectivity index (χ3v) is 4.67. The van der Waals surface area contributed by atoms with Crippen molar-refractivity contribution in [2.45, 2.75) is 39.7 Å². The third kappa shape index (κ3) is 3.81. The zero-order chi connectivity index (χ0) is 18.0. The summed E-state index contributed by atoms with van der Waals surface area (Å²) in [5.74, 6) is 0.107. The van der Waals surface area contributed by atoms with Crippen LogP contribution in [0.1, 0.15) is 42.7 Å². The molecule has 0 spiro atoms. The standard InChI is InChI=1S/C20H25N3O2/c1-13(2)21-19(24)16-9-11-23(12-10-16)20(25)17-6-4-5-15-8-7-14(3)22-18(15)17/h4-8,13,16H,9-12H2,1-3H3,(H,21,24). The molecule has 2 amide bonds. The van der Waals surface area contributed by atoms with Crippen LogP contribution >= 0.6 is 0 Å². The smallest absolute Gasteiger partial charge is 0.256 e.